The molecular formula is C21H25N3O6S. The third-order valence-electron chi connectivity index (χ3n) is 4.14. The summed E-state index contributed by atoms with van der Waals surface area (Å²) >= 11 is 0. The molecule has 2 rings (SSSR count). The second-order valence-electron chi connectivity index (χ2n) is 6.64. The lowest BCUT2D eigenvalue weighted by Crippen LogP contribution is -2.36. The van der Waals surface area contributed by atoms with Crippen molar-refractivity contribution in [2.75, 3.05) is 13.2 Å². The van der Waals surface area contributed by atoms with Gasteiger partial charge in [0.2, 0.25) is 10.0 Å². The highest BCUT2D eigenvalue weighted by Gasteiger charge is 2.22. The number of carboxylic acid groups (broad SMARTS) is 1. The van der Waals surface area contributed by atoms with Crippen molar-refractivity contribution in [3.8, 4) is 18.1 Å². The first-order valence-electron chi connectivity index (χ1n) is 9.59. The van der Waals surface area contributed by atoms with Crippen molar-refractivity contribution in [3.05, 3.63) is 54.1 Å². The number of aromatic nitrogens is 1. The first kappa shape index (κ1) is 24.0. The summed E-state index contributed by atoms with van der Waals surface area (Å²) in [6.45, 7) is 0.867. The molecule has 0 aliphatic rings. The molecule has 0 saturated heterocycles. The fourth-order valence-electron chi connectivity index (χ4n) is 2.68. The van der Waals surface area contributed by atoms with Crippen molar-refractivity contribution < 1.29 is 28.3 Å². The number of rotatable bonds is 12. The van der Waals surface area contributed by atoms with Crippen molar-refractivity contribution in [2.24, 2.45) is 4.99 Å². The highest BCUT2D eigenvalue weighted by atomic mass is 32.2. The average Bonchev–Trinajstić information content (AvgIpc) is 2.71. The quantitative estimate of drug-likeness (QED) is 0.258. The third kappa shape index (κ3) is 8.16. The van der Waals surface area contributed by atoms with E-state index in [1.807, 2.05) is 0 Å². The van der Waals surface area contributed by atoms with E-state index in [2.05, 4.69) is 15.6 Å². The molecule has 1 aromatic heterocycles. The number of sulfonamides is 1. The van der Waals surface area contributed by atoms with Crippen molar-refractivity contribution in [1.82, 2.24) is 9.45 Å². The van der Waals surface area contributed by atoms with Crippen LogP contribution in [0.5, 0.6) is 5.75 Å². The van der Waals surface area contributed by atoms with Crippen LogP contribution in [0.15, 0.2) is 58.5 Å². The van der Waals surface area contributed by atoms with Gasteiger partial charge in [-0.2, -0.15) is 4.73 Å². The Morgan fingerprint density at radius 1 is 1.26 bits per heavy atom. The molecule has 0 radical (unpaired) electrons. The normalized spacial score (nSPS) is 12.8. The molecule has 0 fully saturated rings. The number of ether oxygens (including phenoxy) is 1. The van der Waals surface area contributed by atoms with E-state index in [9.17, 15) is 18.4 Å². The molecule has 2 aromatic rings. The smallest absolute Gasteiger partial charge is 0.305 e. The standard InChI is InChI=1S/C21H25N3O6S/c1-2-8-17(15-21(25)26)23-31(28,29)19-10-7-9-18(16-19)30-14-6-4-12-22-20-11-3-5-13-24(20)27/h1,3,5,7,9-11,13,16-17,23,27H,4,6,8,12,14-15H2,(H,25,26)/t17-/m0/s1. The lowest BCUT2D eigenvalue weighted by Gasteiger charge is -2.15. The van der Waals surface area contributed by atoms with Crippen LogP contribution >= 0.6 is 0 Å². The van der Waals surface area contributed by atoms with E-state index in [4.69, 9.17) is 16.3 Å². The Bertz CT molecular complexity index is 1090. The second-order valence-corrected chi connectivity index (χ2v) is 8.35. The molecule has 166 valence electrons. The van der Waals surface area contributed by atoms with Gasteiger partial charge in [-0.05, 0) is 37.1 Å². The van der Waals surface area contributed by atoms with Gasteiger partial charge in [0, 0.05) is 31.3 Å². The van der Waals surface area contributed by atoms with Crippen LogP contribution in [0, 0.1) is 12.3 Å². The van der Waals surface area contributed by atoms with Gasteiger partial charge < -0.3 is 15.1 Å². The van der Waals surface area contributed by atoms with Crippen molar-refractivity contribution in [2.45, 2.75) is 36.6 Å². The minimum Gasteiger partial charge on any atom is -0.494 e. The maximum absolute atomic E-state index is 12.6. The molecule has 3 N–H and O–H groups in total. The summed E-state index contributed by atoms with van der Waals surface area (Å²) in [5, 5.41) is 18.5. The summed E-state index contributed by atoms with van der Waals surface area (Å²) in [6.07, 6.45) is 7.64. The largest absolute Gasteiger partial charge is 0.494 e. The molecule has 0 unspecified atom stereocenters. The van der Waals surface area contributed by atoms with E-state index in [0.717, 1.165) is 11.2 Å². The zero-order valence-electron chi connectivity index (χ0n) is 16.8. The number of carbonyl (C=O) groups is 1. The molecule has 31 heavy (non-hydrogen) atoms. The Kier molecular flexibility index (Phi) is 9.12. The summed E-state index contributed by atoms with van der Waals surface area (Å²) in [4.78, 5) is 15.1. The second kappa shape index (κ2) is 11.8. The van der Waals surface area contributed by atoms with Gasteiger partial charge in [-0.25, -0.2) is 13.1 Å². The number of benzene rings is 1. The number of pyridine rings is 1. The van der Waals surface area contributed by atoms with Crippen LogP contribution in [0.4, 0.5) is 0 Å². The summed E-state index contributed by atoms with van der Waals surface area (Å²) < 4.78 is 34.0. The van der Waals surface area contributed by atoms with Crippen LogP contribution < -0.4 is 14.9 Å². The van der Waals surface area contributed by atoms with E-state index in [0.29, 0.717) is 30.8 Å². The van der Waals surface area contributed by atoms with Crippen molar-refractivity contribution in [3.63, 3.8) is 0 Å². The zero-order valence-corrected chi connectivity index (χ0v) is 17.7. The summed E-state index contributed by atoms with van der Waals surface area (Å²) in [6, 6.07) is 10.2. The number of aliphatic carboxylic acids is 1. The minimum absolute atomic E-state index is 0.0357. The third-order valence-corrected chi connectivity index (χ3v) is 5.65. The van der Waals surface area contributed by atoms with E-state index >= 15 is 0 Å². The monoisotopic (exact) mass is 447 g/mol. The van der Waals surface area contributed by atoms with Gasteiger partial charge >= 0.3 is 5.97 Å². The molecule has 9 nitrogen and oxygen atoms in total. The molecule has 0 aliphatic carbocycles. The number of terminal acetylenes is 1. The van der Waals surface area contributed by atoms with Gasteiger partial charge in [-0.3, -0.25) is 9.79 Å². The summed E-state index contributed by atoms with van der Waals surface area (Å²) in [5.41, 5.74) is 0.458. The average molecular weight is 448 g/mol. The lowest BCUT2D eigenvalue weighted by atomic mass is 10.2. The van der Waals surface area contributed by atoms with E-state index in [-0.39, 0.29) is 11.3 Å². The Balaban J connectivity index is 1.89. The zero-order chi connectivity index (χ0) is 22.7. The molecule has 10 heteroatoms. The van der Waals surface area contributed by atoms with Crippen molar-refractivity contribution in [1.29, 1.82) is 0 Å². The number of unbranched alkanes of at least 4 members (excludes halogenated alkanes) is 1. The number of hydrogen-bond donors (Lipinski definition) is 3. The Hall–Kier alpha value is -3.29. The van der Waals surface area contributed by atoms with E-state index in [1.54, 1.807) is 30.3 Å². The topological polar surface area (TPSA) is 130 Å². The SMILES string of the molecule is C#CC[C@@H](CC(=O)O)NS(=O)(=O)c1cccc(OCCCCN=c2ccccn2O)c1. The number of carboxylic acids is 1. The van der Waals surface area contributed by atoms with Crippen LogP contribution in [0.1, 0.15) is 25.7 Å². The first-order chi connectivity index (χ1) is 14.8. The Morgan fingerprint density at radius 2 is 2.06 bits per heavy atom. The van der Waals surface area contributed by atoms with E-state index in [1.165, 1.54) is 18.3 Å². The number of nitrogens with one attached hydrogen (secondary N) is 1. The van der Waals surface area contributed by atoms with Gasteiger partial charge in [0.25, 0.3) is 0 Å². The van der Waals surface area contributed by atoms with Gasteiger partial charge in [-0.15, -0.1) is 12.3 Å². The number of hydrogen-bond acceptors (Lipinski definition) is 6. The van der Waals surface area contributed by atoms with Gasteiger partial charge in [0.1, 0.15) is 5.75 Å². The molecule has 1 aromatic carbocycles. The van der Waals surface area contributed by atoms with Gasteiger partial charge in [0.05, 0.1) is 17.9 Å². The first-order valence-corrected chi connectivity index (χ1v) is 11.1. The van der Waals surface area contributed by atoms with Crippen LogP contribution in [0.3, 0.4) is 0 Å². The molecule has 0 amide bonds. The Morgan fingerprint density at radius 3 is 2.77 bits per heavy atom. The maximum atomic E-state index is 12.6. The van der Waals surface area contributed by atoms with Crippen LogP contribution in [-0.4, -0.2) is 48.6 Å². The fourth-order valence-corrected chi connectivity index (χ4v) is 3.95. The predicted molar refractivity (Wildman–Crippen MR) is 113 cm³/mol. The summed E-state index contributed by atoms with van der Waals surface area (Å²) in [5.74, 6) is 1.51. The van der Waals surface area contributed by atoms with Crippen molar-refractivity contribution >= 4 is 16.0 Å². The molecule has 0 saturated carbocycles. The number of nitrogens with zero attached hydrogens (tertiary/aromatic N) is 2. The van der Waals surface area contributed by atoms with Crippen LogP contribution in [0.25, 0.3) is 0 Å². The molecule has 0 spiro atoms. The van der Waals surface area contributed by atoms with E-state index < -0.39 is 28.5 Å². The van der Waals surface area contributed by atoms with Crippen LogP contribution in [0.2, 0.25) is 0 Å². The van der Waals surface area contributed by atoms with Crippen LogP contribution in [-0.2, 0) is 14.8 Å². The maximum Gasteiger partial charge on any atom is 0.305 e. The molecule has 1 atom stereocenters. The fraction of sp³-hybridized carbons (Fsp3) is 0.333. The molecule has 0 bridgehead atoms. The molecular weight excluding hydrogens is 422 g/mol. The lowest BCUT2D eigenvalue weighted by molar-refractivity contribution is -0.137. The summed E-state index contributed by atoms with van der Waals surface area (Å²) in [7, 11) is -3.95. The Labute approximate surface area is 181 Å². The minimum atomic E-state index is -3.95. The highest BCUT2D eigenvalue weighted by molar-refractivity contribution is 7.89. The predicted octanol–water partition coefficient (Wildman–Crippen LogP) is 1.63. The molecule has 0 aliphatic heterocycles. The molecule has 1 heterocycles. The highest BCUT2D eigenvalue weighted by Crippen LogP contribution is 2.18. The van der Waals surface area contributed by atoms with Gasteiger partial charge in [0.15, 0.2) is 5.49 Å². The van der Waals surface area contributed by atoms with Gasteiger partial charge in [-0.1, -0.05) is 12.1 Å².